The highest BCUT2D eigenvalue weighted by atomic mass is 16.5. The molecule has 1 aromatic rings. The van der Waals surface area contributed by atoms with Gasteiger partial charge in [-0.25, -0.2) is 0 Å². The molecule has 5 heteroatoms. The molecule has 1 fully saturated rings. The van der Waals surface area contributed by atoms with E-state index in [0.29, 0.717) is 17.8 Å². The number of ether oxygens (including phenoxy) is 1. The van der Waals surface area contributed by atoms with Gasteiger partial charge in [0, 0.05) is 0 Å². The minimum atomic E-state index is -0.418. The number of esters is 1. The van der Waals surface area contributed by atoms with E-state index >= 15 is 0 Å². The first-order valence-electron chi connectivity index (χ1n) is 9.64. The van der Waals surface area contributed by atoms with E-state index in [0.717, 1.165) is 18.4 Å². The Morgan fingerprint density at radius 1 is 1.23 bits per heavy atom. The Balaban J connectivity index is 2.04. The van der Waals surface area contributed by atoms with Crippen molar-refractivity contribution < 1.29 is 14.3 Å². The fourth-order valence-corrected chi connectivity index (χ4v) is 3.82. The standard InChI is InChI=1S/C21H32N2O3/c1-14(2)17-10-9-15(3)11-19(17)26-21(25)12-18(23-20(24)13-22)16-7-5-4-6-8-16/h4-8,14-15,17-19H,9-13,22H2,1-3H3,(H,23,24)/t15-,17+,18+,19-/m0/s1. The number of carbonyl (C=O) groups excluding carboxylic acids is 2. The van der Waals surface area contributed by atoms with Crippen molar-refractivity contribution in [3.05, 3.63) is 35.9 Å². The normalized spacial score (nSPS) is 24.1. The molecule has 0 heterocycles. The van der Waals surface area contributed by atoms with Crippen molar-refractivity contribution in [3.8, 4) is 0 Å². The van der Waals surface area contributed by atoms with E-state index in [-0.39, 0.29) is 30.9 Å². The first-order chi connectivity index (χ1) is 12.4. The first-order valence-corrected chi connectivity index (χ1v) is 9.64. The number of amides is 1. The fourth-order valence-electron chi connectivity index (χ4n) is 3.82. The third-order valence-electron chi connectivity index (χ3n) is 5.34. The van der Waals surface area contributed by atoms with Crippen molar-refractivity contribution in [1.82, 2.24) is 5.32 Å². The lowest BCUT2D eigenvalue weighted by atomic mass is 9.75. The second-order valence-corrected chi connectivity index (χ2v) is 7.79. The molecule has 4 atom stereocenters. The smallest absolute Gasteiger partial charge is 0.308 e. The summed E-state index contributed by atoms with van der Waals surface area (Å²) in [6, 6.07) is 9.06. The topological polar surface area (TPSA) is 81.4 Å². The van der Waals surface area contributed by atoms with Crippen LogP contribution in [0.5, 0.6) is 0 Å². The Morgan fingerprint density at radius 2 is 1.92 bits per heavy atom. The molecule has 1 saturated carbocycles. The Bertz CT molecular complexity index is 588. The number of nitrogens with one attached hydrogen (secondary N) is 1. The van der Waals surface area contributed by atoms with Crippen LogP contribution in [0.15, 0.2) is 30.3 Å². The van der Waals surface area contributed by atoms with Gasteiger partial charge in [0.1, 0.15) is 6.10 Å². The van der Waals surface area contributed by atoms with Gasteiger partial charge in [0.2, 0.25) is 5.91 Å². The molecule has 0 spiro atoms. The van der Waals surface area contributed by atoms with E-state index in [1.807, 2.05) is 30.3 Å². The van der Waals surface area contributed by atoms with Gasteiger partial charge in [-0.05, 0) is 36.2 Å². The molecular weight excluding hydrogens is 328 g/mol. The van der Waals surface area contributed by atoms with Crippen LogP contribution < -0.4 is 11.1 Å². The number of hydrogen-bond acceptors (Lipinski definition) is 4. The minimum Gasteiger partial charge on any atom is -0.462 e. The molecule has 0 radical (unpaired) electrons. The first kappa shape index (κ1) is 20.4. The van der Waals surface area contributed by atoms with Gasteiger partial charge in [-0.3, -0.25) is 9.59 Å². The number of benzene rings is 1. The van der Waals surface area contributed by atoms with Crippen LogP contribution in [-0.2, 0) is 14.3 Å². The zero-order chi connectivity index (χ0) is 19.1. The number of nitrogens with two attached hydrogens (primary N) is 1. The Kier molecular flexibility index (Phi) is 7.64. The summed E-state index contributed by atoms with van der Waals surface area (Å²) in [6.45, 7) is 6.49. The highest BCUT2D eigenvalue weighted by molar-refractivity contribution is 5.79. The summed E-state index contributed by atoms with van der Waals surface area (Å²) in [4.78, 5) is 24.4. The molecule has 1 aliphatic carbocycles. The predicted octanol–water partition coefficient (Wildman–Crippen LogP) is 3.20. The average Bonchev–Trinajstić information content (AvgIpc) is 2.61. The third kappa shape index (κ3) is 5.84. The molecule has 1 aromatic carbocycles. The number of hydrogen-bond donors (Lipinski definition) is 2. The maximum absolute atomic E-state index is 12.6. The van der Waals surface area contributed by atoms with Crippen LogP contribution in [0.2, 0.25) is 0 Å². The summed E-state index contributed by atoms with van der Waals surface area (Å²) >= 11 is 0. The van der Waals surface area contributed by atoms with Gasteiger partial charge >= 0.3 is 5.97 Å². The van der Waals surface area contributed by atoms with Crippen LogP contribution in [0, 0.1) is 17.8 Å². The fraction of sp³-hybridized carbons (Fsp3) is 0.619. The summed E-state index contributed by atoms with van der Waals surface area (Å²) in [5, 5.41) is 2.83. The Morgan fingerprint density at radius 3 is 2.54 bits per heavy atom. The molecular formula is C21H32N2O3. The van der Waals surface area contributed by atoms with Gasteiger partial charge in [0.15, 0.2) is 0 Å². The van der Waals surface area contributed by atoms with Crippen molar-refractivity contribution in [2.24, 2.45) is 23.5 Å². The van der Waals surface area contributed by atoms with Crippen LogP contribution in [0.4, 0.5) is 0 Å². The lowest BCUT2D eigenvalue weighted by Gasteiger charge is -2.37. The molecule has 0 aliphatic heterocycles. The van der Waals surface area contributed by atoms with Crippen molar-refractivity contribution in [2.45, 2.75) is 58.6 Å². The molecule has 2 rings (SSSR count). The summed E-state index contributed by atoms with van der Waals surface area (Å²) in [5.74, 6) is 0.926. The largest absolute Gasteiger partial charge is 0.462 e. The van der Waals surface area contributed by atoms with E-state index in [9.17, 15) is 9.59 Å². The molecule has 5 nitrogen and oxygen atoms in total. The molecule has 1 amide bonds. The van der Waals surface area contributed by atoms with Crippen molar-refractivity contribution >= 4 is 11.9 Å². The van der Waals surface area contributed by atoms with E-state index in [4.69, 9.17) is 10.5 Å². The Labute approximate surface area is 156 Å². The van der Waals surface area contributed by atoms with Gasteiger partial charge < -0.3 is 15.8 Å². The minimum absolute atomic E-state index is 0.0344. The second-order valence-electron chi connectivity index (χ2n) is 7.79. The maximum atomic E-state index is 12.6. The van der Waals surface area contributed by atoms with Crippen molar-refractivity contribution in [3.63, 3.8) is 0 Å². The quantitative estimate of drug-likeness (QED) is 0.732. The van der Waals surface area contributed by atoms with Gasteiger partial charge in [-0.1, -0.05) is 57.5 Å². The zero-order valence-corrected chi connectivity index (χ0v) is 16.1. The highest BCUT2D eigenvalue weighted by Gasteiger charge is 2.34. The summed E-state index contributed by atoms with van der Waals surface area (Å²) < 4.78 is 5.88. The average molecular weight is 360 g/mol. The van der Waals surface area contributed by atoms with Gasteiger partial charge in [-0.2, -0.15) is 0 Å². The molecule has 0 saturated heterocycles. The molecule has 1 aliphatic rings. The van der Waals surface area contributed by atoms with Crippen LogP contribution in [0.25, 0.3) is 0 Å². The third-order valence-corrected chi connectivity index (χ3v) is 5.34. The van der Waals surface area contributed by atoms with Crippen LogP contribution in [0.3, 0.4) is 0 Å². The molecule has 3 N–H and O–H groups in total. The van der Waals surface area contributed by atoms with Crippen LogP contribution in [0.1, 0.15) is 58.1 Å². The lowest BCUT2D eigenvalue weighted by Crippen LogP contribution is -2.38. The zero-order valence-electron chi connectivity index (χ0n) is 16.1. The number of rotatable bonds is 7. The summed E-state index contributed by atoms with van der Waals surface area (Å²) in [5.41, 5.74) is 6.30. The van der Waals surface area contributed by atoms with Gasteiger partial charge in [0.05, 0.1) is 19.0 Å². The molecule has 0 aromatic heterocycles. The molecule has 0 unspecified atom stereocenters. The highest BCUT2D eigenvalue weighted by Crippen LogP contribution is 2.35. The SMILES string of the molecule is CC(C)[C@H]1CC[C@H](C)C[C@@H]1OC(=O)C[C@@H](NC(=O)CN)c1ccccc1. The van der Waals surface area contributed by atoms with Crippen LogP contribution >= 0.6 is 0 Å². The second kappa shape index (κ2) is 9.72. The molecule has 144 valence electrons. The van der Waals surface area contributed by atoms with Gasteiger partial charge in [0.25, 0.3) is 0 Å². The van der Waals surface area contributed by atoms with Crippen molar-refractivity contribution in [2.75, 3.05) is 6.54 Å². The van der Waals surface area contributed by atoms with Crippen molar-refractivity contribution in [1.29, 1.82) is 0 Å². The van der Waals surface area contributed by atoms with E-state index in [1.54, 1.807) is 0 Å². The lowest BCUT2D eigenvalue weighted by molar-refractivity contribution is -0.156. The Hall–Kier alpha value is -1.88. The summed E-state index contributed by atoms with van der Waals surface area (Å²) in [6.07, 6.45) is 3.29. The van der Waals surface area contributed by atoms with Gasteiger partial charge in [-0.15, -0.1) is 0 Å². The van der Waals surface area contributed by atoms with E-state index in [2.05, 4.69) is 26.1 Å². The van der Waals surface area contributed by atoms with E-state index in [1.165, 1.54) is 6.42 Å². The molecule has 0 bridgehead atoms. The summed E-state index contributed by atoms with van der Waals surface area (Å²) in [7, 11) is 0. The predicted molar refractivity (Wildman–Crippen MR) is 102 cm³/mol. The van der Waals surface area contributed by atoms with E-state index < -0.39 is 6.04 Å². The maximum Gasteiger partial charge on any atom is 0.308 e. The van der Waals surface area contributed by atoms with Crippen LogP contribution in [-0.4, -0.2) is 24.5 Å². The molecule has 26 heavy (non-hydrogen) atoms. The monoisotopic (exact) mass is 360 g/mol. The number of carbonyl (C=O) groups is 2.